The molecule has 1 atom stereocenters. The number of benzene rings is 2. The van der Waals surface area contributed by atoms with Crippen LogP contribution in [-0.2, 0) is 16.6 Å². The molecular formula is C21H21N5O2. The van der Waals surface area contributed by atoms with Crippen molar-refractivity contribution >= 4 is 28.8 Å². The zero-order chi connectivity index (χ0) is 19.5. The fourth-order valence-corrected chi connectivity index (χ4v) is 3.18. The number of carbonyl (C=O) groups is 1. The van der Waals surface area contributed by atoms with Gasteiger partial charge in [0.2, 0.25) is 5.96 Å². The number of ether oxygens (including phenoxy) is 1. The SMILES string of the molecule is COC[C@H](N=C1NC(=O)/C(=C/c2ccc3nn(C)cc3c2)N1)c1ccccc1. The predicted molar refractivity (Wildman–Crippen MR) is 108 cm³/mol. The second-order valence-electron chi connectivity index (χ2n) is 6.62. The molecule has 3 aromatic rings. The monoisotopic (exact) mass is 375 g/mol. The summed E-state index contributed by atoms with van der Waals surface area (Å²) < 4.78 is 7.06. The first kappa shape index (κ1) is 17.9. The summed E-state index contributed by atoms with van der Waals surface area (Å²) in [7, 11) is 3.52. The Morgan fingerprint density at radius 2 is 2.04 bits per heavy atom. The molecule has 1 aromatic heterocycles. The van der Waals surface area contributed by atoms with Crippen molar-refractivity contribution < 1.29 is 9.53 Å². The van der Waals surface area contributed by atoms with Crippen LogP contribution in [0, 0.1) is 0 Å². The van der Waals surface area contributed by atoms with Gasteiger partial charge in [0.1, 0.15) is 11.7 Å². The number of fused-ring (bicyclic) bond motifs is 1. The number of nitrogens with one attached hydrogen (secondary N) is 2. The van der Waals surface area contributed by atoms with Crippen molar-refractivity contribution in [1.82, 2.24) is 20.4 Å². The van der Waals surface area contributed by atoms with E-state index in [1.54, 1.807) is 17.9 Å². The molecule has 0 spiro atoms. The van der Waals surface area contributed by atoms with Crippen LogP contribution in [0.15, 0.2) is 65.4 Å². The number of hydrogen-bond donors (Lipinski definition) is 2. The molecule has 7 nitrogen and oxygen atoms in total. The molecule has 0 saturated carbocycles. The summed E-state index contributed by atoms with van der Waals surface area (Å²) in [6.07, 6.45) is 3.75. The molecule has 142 valence electrons. The van der Waals surface area contributed by atoms with Crippen LogP contribution in [0.4, 0.5) is 0 Å². The quantitative estimate of drug-likeness (QED) is 0.671. The van der Waals surface area contributed by atoms with Crippen molar-refractivity contribution in [1.29, 1.82) is 0 Å². The Bertz CT molecular complexity index is 1070. The van der Waals surface area contributed by atoms with Gasteiger partial charge in [0.15, 0.2) is 0 Å². The van der Waals surface area contributed by atoms with Crippen molar-refractivity contribution in [2.75, 3.05) is 13.7 Å². The van der Waals surface area contributed by atoms with E-state index in [1.807, 2.05) is 61.8 Å². The van der Waals surface area contributed by atoms with E-state index >= 15 is 0 Å². The second-order valence-corrected chi connectivity index (χ2v) is 6.62. The molecule has 1 fully saturated rings. The van der Waals surface area contributed by atoms with Crippen LogP contribution < -0.4 is 10.6 Å². The third kappa shape index (κ3) is 3.79. The van der Waals surface area contributed by atoms with Crippen molar-refractivity contribution in [3.63, 3.8) is 0 Å². The largest absolute Gasteiger partial charge is 0.382 e. The minimum atomic E-state index is -0.214. The lowest BCUT2D eigenvalue weighted by molar-refractivity contribution is -0.115. The first-order valence-electron chi connectivity index (χ1n) is 8.97. The van der Waals surface area contributed by atoms with Crippen molar-refractivity contribution in [3.8, 4) is 0 Å². The molecule has 1 saturated heterocycles. The molecule has 0 bridgehead atoms. The highest BCUT2D eigenvalue weighted by Gasteiger charge is 2.23. The molecule has 4 rings (SSSR count). The number of guanidine groups is 1. The smallest absolute Gasteiger partial charge is 0.274 e. The number of rotatable bonds is 5. The summed E-state index contributed by atoms with van der Waals surface area (Å²) in [5, 5.41) is 11.2. The van der Waals surface area contributed by atoms with Crippen LogP contribution in [0.25, 0.3) is 17.0 Å². The van der Waals surface area contributed by atoms with Gasteiger partial charge in [-0.05, 0) is 29.3 Å². The minimum absolute atomic E-state index is 0.208. The molecule has 1 amide bonds. The fraction of sp³-hybridized carbons (Fsp3) is 0.190. The first-order chi connectivity index (χ1) is 13.6. The Labute approximate surface area is 162 Å². The summed E-state index contributed by atoms with van der Waals surface area (Å²) in [4.78, 5) is 17.0. The van der Waals surface area contributed by atoms with E-state index in [4.69, 9.17) is 4.74 Å². The van der Waals surface area contributed by atoms with Gasteiger partial charge in [-0.25, -0.2) is 4.99 Å². The van der Waals surface area contributed by atoms with Gasteiger partial charge in [0, 0.05) is 25.7 Å². The van der Waals surface area contributed by atoms with Gasteiger partial charge >= 0.3 is 0 Å². The normalized spacial score (nSPS) is 17.9. The van der Waals surface area contributed by atoms with E-state index in [1.165, 1.54) is 0 Å². The maximum Gasteiger partial charge on any atom is 0.274 e. The average molecular weight is 375 g/mol. The maximum atomic E-state index is 12.4. The Hall–Kier alpha value is -3.45. The first-order valence-corrected chi connectivity index (χ1v) is 8.97. The standard InChI is InChI=1S/C21H21N5O2/c1-26-12-16-10-14(8-9-17(16)25-26)11-18-20(27)24-21(22-18)23-19(13-28-2)15-6-4-3-5-7-15/h3-12,19H,13H2,1-2H3,(H2,22,23,24,27)/b18-11-/t19-/m0/s1. The highest BCUT2D eigenvalue weighted by molar-refractivity contribution is 6.15. The van der Waals surface area contributed by atoms with Crippen LogP contribution >= 0.6 is 0 Å². The van der Waals surface area contributed by atoms with Gasteiger partial charge in [-0.2, -0.15) is 5.10 Å². The molecule has 2 aromatic carbocycles. The Kier molecular flexibility index (Phi) is 4.90. The Morgan fingerprint density at radius 1 is 1.21 bits per heavy atom. The van der Waals surface area contributed by atoms with Crippen LogP contribution in [0.5, 0.6) is 0 Å². The fourth-order valence-electron chi connectivity index (χ4n) is 3.18. The number of aryl methyl sites for hydroxylation is 1. The highest BCUT2D eigenvalue weighted by Crippen LogP contribution is 2.19. The van der Waals surface area contributed by atoms with Gasteiger partial charge in [0.25, 0.3) is 5.91 Å². The van der Waals surface area contributed by atoms with Crippen LogP contribution in [0.1, 0.15) is 17.2 Å². The zero-order valence-corrected chi connectivity index (χ0v) is 15.7. The Balaban J connectivity index is 1.58. The molecule has 0 unspecified atom stereocenters. The van der Waals surface area contributed by atoms with Crippen molar-refractivity contribution in [2.45, 2.75) is 6.04 Å². The minimum Gasteiger partial charge on any atom is -0.382 e. The van der Waals surface area contributed by atoms with Gasteiger partial charge in [0.05, 0.1) is 12.1 Å². The van der Waals surface area contributed by atoms with E-state index < -0.39 is 0 Å². The molecular weight excluding hydrogens is 354 g/mol. The lowest BCUT2D eigenvalue weighted by Crippen LogP contribution is -2.26. The molecule has 1 aliphatic heterocycles. The van der Waals surface area contributed by atoms with Crippen LogP contribution in [-0.4, -0.2) is 35.4 Å². The number of aliphatic imine (C=N–C) groups is 1. The molecule has 7 heteroatoms. The topological polar surface area (TPSA) is 80.5 Å². The van der Waals surface area contributed by atoms with Crippen molar-refractivity contribution in [2.24, 2.45) is 12.0 Å². The van der Waals surface area contributed by atoms with Crippen molar-refractivity contribution in [3.05, 3.63) is 71.6 Å². The summed E-state index contributed by atoms with van der Waals surface area (Å²) in [6, 6.07) is 15.5. The molecule has 0 radical (unpaired) electrons. The molecule has 2 heterocycles. The van der Waals surface area contributed by atoms with Crippen LogP contribution in [0.3, 0.4) is 0 Å². The third-order valence-corrected chi connectivity index (χ3v) is 4.48. The highest BCUT2D eigenvalue weighted by atomic mass is 16.5. The summed E-state index contributed by atoms with van der Waals surface area (Å²) >= 11 is 0. The predicted octanol–water partition coefficient (Wildman–Crippen LogP) is 2.38. The lowest BCUT2D eigenvalue weighted by atomic mass is 10.1. The molecule has 2 N–H and O–H groups in total. The van der Waals surface area contributed by atoms with E-state index in [0.717, 1.165) is 22.0 Å². The summed E-state index contributed by atoms with van der Waals surface area (Å²) in [5.74, 6) is 0.207. The maximum absolute atomic E-state index is 12.4. The number of amides is 1. The zero-order valence-electron chi connectivity index (χ0n) is 15.7. The number of methoxy groups -OCH3 is 1. The van der Waals surface area contributed by atoms with E-state index in [-0.39, 0.29) is 11.9 Å². The summed E-state index contributed by atoms with van der Waals surface area (Å²) in [6.45, 7) is 0.418. The number of hydrogen-bond acceptors (Lipinski definition) is 4. The van der Waals surface area contributed by atoms with E-state index in [2.05, 4.69) is 20.7 Å². The molecule has 1 aliphatic rings. The summed E-state index contributed by atoms with van der Waals surface area (Å²) in [5.41, 5.74) is 3.30. The Morgan fingerprint density at radius 3 is 2.82 bits per heavy atom. The van der Waals surface area contributed by atoms with Gasteiger partial charge in [-0.3, -0.25) is 14.8 Å². The average Bonchev–Trinajstić information content (AvgIpc) is 3.23. The molecule has 28 heavy (non-hydrogen) atoms. The van der Waals surface area contributed by atoms with Gasteiger partial charge < -0.3 is 10.1 Å². The molecule has 0 aliphatic carbocycles. The van der Waals surface area contributed by atoms with E-state index in [9.17, 15) is 4.79 Å². The lowest BCUT2D eigenvalue weighted by Gasteiger charge is -2.12. The van der Waals surface area contributed by atoms with Gasteiger partial charge in [-0.1, -0.05) is 36.4 Å². The second kappa shape index (κ2) is 7.66. The van der Waals surface area contributed by atoms with Gasteiger partial charge in [-0.15, -0.1) is 0 Å². The van der Waals surface area contributed by atoms with E-state index in [0.29, 0.717) is 18.3 Å². The third-order valence-electron chi connectivity index (χ3n) is 4.48. The number of nitrogens with zero attached hydrogens (tertiary/aromatic N) is 3. The number of carbonyl (C=O) groups excluding carboxylic acids is 1. The number of aromatic nitrogens is 2. The van der Waals surface area contributed by atoms with Crippen LogP contribution in [0.2, 0.25) is 0 Å².